The maximum absolute atomic E-state index is 9.61. The molecule has 0 spiro atoms. The fourth-order valence-electron chi connectivity index (χ4n) is 3.90. The maximum atomic E-state index is 9.61. The summed E-state index contributed by atoms with van der Waals surface area (Å²) < 4.78 is 2.34. The highest BCUT2D eigenvalue weighted by molar-refractivity contribution is 5.11. The van der Waals surface area contributed by atoms with Gasteiger partial charge in [0.25, 0.3) is 0 Å². The Morgan fingerprint density at radius 1 is 1.35 bits per heavy atom. The Balaban J connectivity index is 1.73. The fourth-order valence-corrected chi connectivity index (χ4v) is 3.90. The van der Waals surface area contributed by atoms with Gasteiger partial charge in [-0.3, -0.25) is 0 Å². The van der Waals surface area contributed by atoms with Crippen molar-refractivity contribution in [1.82, 2.24) is 14.5 Å². The van der Waals surface area contributed by atoms with Crippen LogP contribution in [-0.2, 0) is 12.8 Å². The predicted molar refractivity (Wildman–Crippen MR) is 79.8 cm³/mol. The van der Waals surface area contributed by atoms with E-state index in [1.807, 2.05) is 6.20 Å². The zero-order chi connectivity index (χ0) is 13.9. The standard InChI is InChI=1S/C16H27N3O/c1-2-18-8-4-5-13(11-18)9-16-17-10-14-6-3-7-15(12-20)19(14)16/h10,13,15,20H,2-9,11-12H2,1H3. The first-order valence-electron chi connectivity index (χ1n) is 8.20. The molecular formula is C16H27N3O. The third-order valence-electron chi connectivity index (χ3n) is 5.02. The van der Waals surface area contributed by atoms with E-state index in [2.05, 4.69) is 21.4 Å². The quantitative estimate of drug-likeness (QED) is 0.915. The first kappa shape index (κ1) is 14.1. The van der Waals surface area contributed by atoms with Crippen molar-refractivity contribution in [2.24, 2.45) is 5.92 Å². The molecule has 1 N–H and O–H groups in total. The van der Waals surface area contributed by atoms with Crippen molar-refractivity contribution in [2.75, 3.05) is 26.2 Å². The van der Waals surface area contributed by atoms with E-state index in [-0.39, 0.29) is 12.6 Å². The van der Waals surface area contributed by atoms with Crippen LogP contribution in [0, 0.1) is 5.92 Å². The van der Waals surface area contributed by atoms with Crippen LogP contribution in [0.3, 0.4) is 0 Å². The molecule has 3 rings (SSSR count). The molecule has 20 heavy (non-hydrogen) atoms. The minimum atomic E-state index is 0.252. The normalized spacial score (nSPS) is 27.5. The van der Waals surface area contributed by atoms with Crippen LogP contribution in [-0.4, -0.2) is 45.8 Å². The lowest BCUT2D eigenvalue weighted by atomic mass is 9.94. The van der Waals surface area contributed by atoms with E-state index in [0.717, 1.165) is 31.7 Å². The van der Waals surface area contributed by atoms with Crippen LogP contribution in [0.5, 0.6) is 0 Å². The Morgan fingerprint density at radius 3 is 3.05 bits per heavy atom. The Bertz CT molecular complexity index is 443. The third kappa shape index (κ3) is 2.77. The number of piperidine rings is 1. The molecule has 0 radical (unpaired) electrons. The van der Waals surface area contributed by atoms with Crippen molar-refractivity contribution in [2.45, 2.75) is 51.5 Å². The first-order valence-corrected chi connectivity index (χ1v) is 8.20. The number of fused-ring (bicyclic) bond motifs is 1. The number of aliphatic hydroxyl groups excluding tert-OH is 1. The van der Waals surface area contributed by atoms with Crippen LogP contribution in [0.15, 0.2) is 6.20 Å². The lowest BCUT2D eigenvalue weighted by molar-refractivity contribution is 0.174. The topological polar surface area (TPSA) is 41.3 Å². The lowest BCUT2D eigenvalue weighted by Crippen LogP contribution is -2.36. The van der Waals surface area contributed by atoms with Gasteiger partial charge in [0, 0.05) is 24.9 Å². The van der Waals surface area contributed by atoms with Crippen molar-refractivity contribution in [3.05, 3.63) is 17.7 Å². The van der Waals surface area contributed by atoms with Crippen LogP contribution in [0.1, 0.15) is 50.2 Å². The number of nitrogens with zero attached hydrogens (tertiary/aromatic N) is 3. The Labute approximate surface area is 121 Å². The molecule has 1 aromatic rings. The van der Waals surface area contributed by atoms with Crippen LogP contribution in [0.2, 0.25) is 0 Å². The number of hydrogen-bond donors (Lipinski definition) is 1. The summed E-state index contributed by atoms with van der Waals surface area (Å²) in [4.78, 5) is 7.23. The predicted octanol–water partition coefficient (Wildman–Crippen LogP) is 2.03. The maximum Gasteiger partial charge on any atom is 0.109 e. The molecule has 3 heterocycles. The number of hydrogen-bond acceptors (Lipinski definition) is 3. The summed E-state index contributed by atoms with van der Waals surface area (Å²) in [6.07, 6.45) is 9.15. The molecule has 1 fully saturated rings. The highest BCUT2D eigenvalue weighted by atomic mass is 16.3. The Hall–Kier alpha value is -0.870. The zero-order valence-electron chi connectivity index (χ0n) is 12.6. The van der Waals surface area contributed by atoms with Gasteiger partial charge < -0.3 is 14.6 Å². The van der Waals surface area contributed by atoms with Gasteiger partial charge in [-0.1, -0.05) is 6.92 Å². The summed E-state index contributed by atoms with van der Waals surface area (Å²) in [5, 5.41) is 9.61. The number of aromatic nitrogens is 2. The van der Waals surface area contributed by atoms with E-state index in [1.165, 1.54) is 43.9 Å². The van der Waals surface area contributed by atoms with E-state index in [1.54, 1.807) is 0 Å². The molecule has 2 aliphatic rings. The van der Waals surface area contributed by atoms with Gasteiger partial charge in [-0.2, -0.15) is 0 Å². The Morgan fingerprint density at radius 2 is 2.25 bits per heavy atom. The largest absolute Gasteiger partial charge is 0.394 e. The average molecular weight is 277 g/mol. The van der Waals surface area contributed by atoms with Crippen LogP contribution in [0.25, 0.3) is 0 Å². The second-order valence-electron chi connectivity index (χ2n) is 6.37. The second-order valence-corrected chi connectivity index (χ2v) is 6.37. The average Bonchev–Trinajstić information content (AvgIpc) is 2.90. The van der Waals surface area contributed by atoms with E-state index < -0.39 is 0 Å². The van der Waals surface area contributed by atoms with E-state index in [4.69, 9.17) is 0 Å². The Kier molecular flexibility index (Phi) is 4.41. The van der Waals surface area contributed by atoms with Gasteiger partial charge in [0.05, 0.1) is 12.6 Å². The number of imidazole rings is 1. The number of rotatable bonds is 4. The second kappa shape index (κ2) is 6.27. The fraction of sp³-hybridized carbons (Fsp3) is 0.812. The number of likely N-dealkylation sites (tertiary alicyclic amines) is 1. The van der Waals surface area contributed by atoms with E-state index in [0.29, 0.717) is 0 Å². The summed E-state index contributed by atoms with van der Waals surface area (Å²) in [5.41, 5.74) is 1.33. The van der Waals surface area contributed by atoms with Crippen LogP contribution >= 0.6 is 0 Å². The molecule has 112 valence electrons. The molecule has 0 amide bonds. The molecule has 0 saturated carbocycles. The van der Waals surface area contributed by atoms with Crippen LogP contribution in [0.4, 0.5) is 0 Å². The highest BCUT2D eigenvalue weighted by Gasteiger charge is 2.26. The van der Waals surface area contributed by atoms with E-state index in [9.17, 15) is 5.11 Å². The summed E-state index contributed by atoms with van der Waals surface area (Å²) in [6.45, 7) is 6.13. The molecule has 0 aromatic carbocycles. The molecule has 0 aliphatic carbocycles. The van der Waals surface area contributed by atoms with Crippen molar-refractivity contribution in [1.29, 1.82) is 0 Å². The summed E-state index contributed by atoms with van der Waals surface area (Å²) in [7, 11) is 0. The van der Waals surface area contributed by atoms with Gasteiger partial charge in [-0.15, -0.1) is 0 Å². The molecule has 0 bridgehead atoms. The molecular weight excluding hydrogens is 250 g/mol. The molecule has 2 aliphatic heterocycles. The van der Waals surface area contributed by atoms with Crippen molar-refractivity contribution in [3.8, 4) is 0 Å². The molecule has 2 unspecified atom stereocenters. The zero-order valence-corrected chi connectivity index (χ0v) is 12.6. The molecule has 4 nitrogen and oxygen atoms in total. The van der Waals surface area contributed by atoms with Gasteiger partial charge in [0.15, 0.2) is 0 Å². The van der Waals surface area contributed by atoms with Crippen molar-refractivity contribution >= 4 is 0 Å². The molecule has 1 aromatic heterocycles. The van der Waals surface area contributed by atoms with E-state index >= 15 is 0 Å². The number of aryl methyl sites for hydroxylation is 1. The monoisotopic (exact) mass is 277 g/mol. The van der Waals surface area contributed by atoms with Crippen molar-refractivity contribution in [3.63, 3.8) is 0 Å². The highest BCUT2D eigenvalue weighted by Crippen LogP contribution is 2.28. The summed E-state index contributed by atoms with van der Waals surface area (Å²) >= 11 is 0. The SMILES string of the molecule is CCN1CCCC(Cc2ncc3n2C(CO)CCC3)C1. The smallest absolute Gasteiger partial charge is 0.109 e. The minimum absolute atomic E-state index is 0.252. The van der Waals surface area contributed by atoms with Crippen LogP contribution < -0.4 is 0 Å². The number of aliphatic hydroxyl groups is 1. The lowest BCUT2D eigenvalue weighted by Gasteiger charge is -2.32. The van der Waals surface area contributed by atoms with Gasteiger partial charge in [-0.25, -0.2) is 4.98 Å². The summed E-state index contributed by atoms with van der Waals surface area (Å²) in [6, 6.07) is 0.266. The van der Waals surface area contributed by atoms with Gasteiger partial charge in [-0.05, 0) is 51.1 Å². The molecule has 1 saturated heterocycles. The summed E-state index contributed by atoms with van der Waals surface area (Å²) in [5.74, 6) is 1.94. The third-order valence-corrected chi connectivity index (χ3v) is 5.02. The van der Waals surface area contributed by atoms with Gasteiger partial charge >= 0.3 is 0 Å². The first-order chi connectivity index (χ1) is 9.81. The minimum Gasteiger partial charge on any atom is -0.394 e. The van der Waals surface area contributed by atoms with Crippen molar-refractivity contribution < 1.29 is 5.11 Å². The molecule has 4 heteroatoms. The molecule has 2 atom stereocenters. The van der Waals surface area contributed by atoms with Gasteiger partial charge in [0.2, 0.25) is 0 Å². The van der Waals surface area contributed by atoms with Gasteiger partial charge in [0.1, 0.15) is 5.82 Å².